The first-order chi connectivity index (χ1) is 9.55. The van der Waals surface area contributed by atoms with E-state index in [0.29, 0.717) is 12.0 Å². The lowest BCUT2D eigenvalue weighted by molar-refractivity contribution is -0.131. The summed E-state index contributed by atoms with van der Waals surface area (Å²) in [5, 5.41) is 17.8. The number of hydrogen-bond donors (Lipinski definition) is 3. The van der Waals surface area contributed by atoms with E-state index in [1.165, 1.54) is 6.08 Å². The molecule has 3 N–H and O–H groups in total. The average Bonchev–Trinajstić information content (AvgIpc) is 2.78. The lowest BCUT2D eigenvalue weighted by atomic mass is 10.1. The number of carbonyl (C=O) groups excluding carboxylic acids is 2. The van der Waals surface area contributed by atoms with Gasteiger partial charge in [-0.1, -0.05) is 5.11 Å². The van der Waals surface area contributed by atoms with Gasteiger partial charge in [-0.25, -0.2) is 0 Å². The highest BCUT2D eigenvalue weighted by Crippen LogP contribution is 2.22. The van der Waals surface area contributed by atoms with E-state index in [0.717, 1.165) is 0 Å². The molecule has 9 heteroatoms. The maximum atomic E-state index is 11.7. The van der Waals surface area contributed by atoms with E-state index in [9.17, 15) is 9.59 Å². The fourth-order valence-electron chi connectivity index (χ4n) is 2.20. The highest BCUT2D eigenvalue weighted by atomic mass is 16.5. The number of imide groups is 1. The van der Waals surface area contributed by atoms with Crippen LogP contribution in [0.3, 0.4) is 0 Å². The number of nitrogens with one attached hydrogen (secondary N) is 2. The summed E-state index contributed by atoms with van der Waals surface area (Å²) in [5.41, 5.74) is 8.88. The maximum absolute atomic E-state index is 11.7. The van der Waals surface area contributed by atoms with Crippen LogP contribution in [0.2, 0.25) is 0 Å². The lowest BCUT2D eigenvalue weighted by Gasteiger charge is -2.23. The molecule has 2 amide bonds. The van der Waals surface area contributed by atoms with E-state index in [1.54, 1.807) is 6.92 Å². The number of nitrogens with zero attached hydrogens (tertiary/aromatic N) is 3. The van der Waals surface area contributed by atoms with E-state index < -0.39 is 36.2 Å². The van der Waals surface area contributed by atoms with Crippen LogP contribution in [0.1, 0.15) is 13.3 Å². The van der Waals surface area contributed by atoms with E-state index in [4.69, 9.17) is 15.4 Å². The standard InChI is InChI=1S/C11H15N5O4/c1-5-2-7(11(19)14-10(5)18)13-9-3-6(15-16-12)8(4-17)20-9/h2,6-9,13,17H,3-4H2,1H3,(H,14,18,19). The molecule has 0 aromatic heterocycles. The predicted molar refractivity (Wildman–Crippen MR) is 67.1 cm³/mol. The van der Waals surface area contributed by atoms with Crippen molar-refractivity contribution in [3.05, 3.63) is 22.1 Å². The summed E-state index contributed by atoms with van der Waals surface area (Å²) < 4.78 is 5.47. The van der Waals surface area contributed by atoms with Crippen LogP contribution in [0.15, 0.2) is 16.8 Å². The van der Waals surface area contributed by atoms with Crippen LogP contribution in [-0.4, -0.2) is 47.9 Å². The van der Waals surface area contributed by atoms with Gasteiger partial charge in [0, 0.05) is 10.5 Å². The molecule has 1 fully saturated rings. The first kappa shape index (κ1) is 14.5. The zero-order valence-electron chi connectivity index (χ0n) is 10.8. The van der Waals surface area contributed by atoms with Crippen molar-refractivity contribution in [3.63, 3.8) is 0 Å². The van der Waals surface area contributed by atoms with E-state index in [1.807, 2.05) is 0 Å². The third kappa shape index (κ3) is 2.97. The Morgan fingerprint density at radius 2 is 2.40 bits per heavy atom. The summed E-state index contributed by atoms with van der Waals surface area (Å²) in [6.45, 7) is 1.33. The van der Waals surface area contributed by atoms with Crippen LogP contribution < -0.4 is 10.6 Å². The number of aliphatic hydroxyl groups excluding tert-OH is 1. The summed E-state index contributed by atoms with van der Waals surface area (Å²) in [5.74, 6) is -0.877. The Morgan fingerprint density at radius 1 is 1.65 bits per heavy atom. The Kier molecular flexibility index (Phi) is 4.35. The predicted octanol–water partition coefficient (Wildman–Crippen LogP) is -0.667. The third-order valence-electron chi connectivity index (χ3n) is 3.26. The highest BCUT2D eigenvalue weighted by Gasteiger charge is 2.36. The van der Waals surface area contributed by atoms with Crippen LogP contribution in [0.25, 0.3) is 10.4 Å². The molecule has 0 bridgehead atoms. The van der Waals surface area contributed by atoms with Gasteiger partial charge in [-0.3, -0.25) is 20.2 Å². The summed E-state index contributed by atoms with van der Waals surface area (Å²) in [6.07, 6.45) is 0.733. The molecule has 0 aliphatic carbocycles. The molecule has 20 heavy (non-hydrogen) atoms. The largest absolute Gasteiger partial charge is 0.394 e. The minimum atomic E-state index is -0.693. The number of rotatable bonds is 4. The molecule has 2 rings (SSSR count). The molecular formula is C11H15N5O4. The third-order valence-corrected chi connectivity index (χ3v) is 3.26. The lowest BCUT2D eigenvalue weighted by Crippen LogP contribution is -2.52. The molecule has 2 aliphatic heterocycles. The Bertz CT molecular complexity index is 499. The van der Waals surface area contributed by atoms with Crippen molar-refractivity contribution in [1.82, 2.24) is 10.6 Å². The van der Waals surface area contributed by atoms with Gasteiger partial charge in [0.25, 0.3) is 5.91 Å². The van der Waals surface area contributed by atoms with Crippen LogP contribution in [0, 0.1) is 0 Å². The second kappa shape index (κ2) is 6.02. The van der Waals surface area contributed by atoms with E-state index in [2.05, 4.69) is 20.7 Å². The number of ether oxygens (including phenoxy) is 1. The molecule has 0 saturated carbocycles. The van der Waals surface area contributed by atoms with Crippen LogP contribution in [-0.2, 0) is 14.3 Å². The zero-order chi connectivity index (χ0) is 14.7. The Morgan fingerprint density at radius 3 is 3.05 bits per heavy atom. The number of hydrogen-bond acceptors (Lipinski definition) is 6. The Balaban J connectivity index is 2.02. The fraction of sp³-hybridized carbons (Fsp3) is 0.636. The molecule has 0 aromatic rings. The van der Waals surface area contributed by atoms with Gasteiger partial charge >= 0.3 is 0 Å². The molecule has 108 valence electrons. The van der Waals surface area contributed by atoms with Crippen molar-refractivity contribution in [1.29, 1.82) is 0 Å². The summed E-state index contributed by atoms with van der Waals surface area (Å²) in [7, 11) is 0. The Hall–Kier alpha value is -1.93. The monoisotopic (exact) mass is 281 g/mol. The molecule has 4 atom stereocenters. The van der Waals surface area contributed by atoms with Gasteiger partial charge in [0.15, 0.2) is 0 Å². The van der Waals surface area contributed by atoms with Crippen molar-refractivity contribution in [3.8, 4) is 0 Å². The van der Waals surface area contributed by atoms with Gasteiger partial charge in [0.2, 0.25) is 5.91 Å². The van der Waals surface area contributed by atoms with Gasteiger partial charge in [0.1, 0.15) is 12.3 Å². The van der Waals surface area contributed by atoms with Crippen molar-refractivity contribution in [2.75, 3.05) is 6.61 Å². The molecule has 0 aromatic carbocycles. The second-order valence-corrected chi connectivity index (χ2v) is 4.67. The van der Waals surface area contributed by atoms with Crippen LogP contribution in [0.4, 0.5) is 0 Å². The van der Waals surface area contributed by atoms with E-state index in [-0.39, 0.29) is 6.61 Å². The Labute approximate surface area is 114 Å². The minimum Gasteiger partial charge on any atom is -0.394 e. The molecule has 2 aliphatic rings. The summed E-state index contributed by atoms with van der Waals surface area (Å²) >= 11 is 0. The quantitative estimate of drug-likeness (QED) is 0.272. The molecule has 2 heterocycles. The topological polar surface area (TPSA) is 136 Å². The number of aliphatic hydroxyl groups is 1. The van der Waals surface area contributed by atoms with Gasteiger partial charge in [-0.2, -0.15) is 0 Å². The molecule has 9 nitrogen and oxygen atoms in total. The molecule has 4 unspecified atom stereocenters. The SMILES string of the molecule is CC1=CC(NC2CC(N=[N+]=[N-])C(CO)O2)C(=O)NC1=O. The first-order valence-corrected chi connectivity index (χ1v) is 6.15. The smallest absolute Gasteiger partial charge is 0.253 e. The normalized spacial score (nSPS) is 33.4. The number of azide groups is 1. The summed E-state index contributed by atoms with van der Waals surface area (Å²) in [4.78, 5) is 25.7. The van der Waals surface area contributed by atoms with Gasteiger partial charge < -0.3 is 9.84 Å². The van der Waals surface area contributed by atoms with Crippen molar-refractivity contribution < 1.29 is 19.4 Å². The molecule has 1 saturated heterocycles. The first-order valence-electron chi connectivity index (χ1n) is 6.15. The van der Waals surface area contributed by atoms with Gasteiger partial charge in [-0.05, 0) is 25.0 Å². The molecule has 0 spiro atoms. The van der Waals surface area contributed by atoms with Crippen LogP contribution in [0.5, 0.6) is 0 Å². The minimum absolute atomic E-state index is 0.272. The maximum Gasteiger partial charge on any atom is 0.253 e. The molecular weight excluding hydrogens is 266 g/mol. The van der Waals surface area contributed by atoms with Crippen molar-refractivity contribution >= 4 is 11.8 Å². The second-order valence-electron chi connectivity index (χ2n) is 4.67. The van der Waals surface area contributed by atoms with Crippen LogP contribution >= 0.6 is 0 Å². The van der Waals surface area contributed by atoms with Gasteiger partial charge in [0.05, 0.1) is 18.8 Å². The van der Waals surface area contributed by atoms with Crippen molar-refractivity contribution in [2.24, 2.45) is 5.11 Å². The average molecular weight is 281 g/mol. The number of amides is 2. The fourth-order valence-corrected chi connectivity index (χ4v) is 2.20. The van der Waals surface area contributed by atoms with Crippen molar-refractivity contribution in [2.45, 2.75) is 37.8 Å². The highest BCUT2D eigenvalue weighted by molar-refractivity contribution is 6.09. The van der Waals surface area contributed by atoms with Gasteiger partial charge in [-0.15, -0.1) is 0 Å². The zero-order valence-corrected chi connectivity index (χ0v) is 10.8. The summed E-state index contributed by atoms with van der Waals surface area (Å²) in [6, 6.07) is -1.18. The molecule has 0 radical (unpaired) electrons. The van der Waals surface area contributed by atoms with E-state index >= 15 is 0 Å². The number of carbonyl (C=O) groups is 2.